The Balaban J connectivity index is 1.79. The lowest BCUT2D eigenvalue weighted by Crippen LogP contribution is -2.15. The minimum Gasteiger partial charge on any atom is -0.476 e. The Morgan fingerprint density at radius 2 is 2.20 bits per heavy atom. The van der Waals surface area contributed by atoms with Crippen LogP contribution in [0.1, 0.15) is 45.5 Å². The van der Waals surface area contributed by atoms with Gasteiger partial charge in [0.05, 0.1) is 5.69 Å². The van der Waals surface area contributed by atoms with Crippen molar-refractivity contribution in [2.75, 3.05) is 5.32 Å². The number of carbonyl (C=O) groups is 2. The zero-order valence-corrected chi connectivity index (χ0v) is 10.4. The lowest BCUT2D eigenvalue weighted by atomic mass is 10.2. The number of carboxylic acids is 1. The van der Waals surface area contributed by atoms with Crippen molar-refractivity contribution in [1.82, 2.24) is 10.1 Å². The van der Waals surface area contributed by atoms with E-state index in [2.05, 4.69) is 15.5 Å². The quantitative estimate of drug-likeness (QED) is 0.881. The number of nitrogens with zero attached hydrogens (tertiary/aromatic N) is 2. The normalized spacial score (nSPS) is 14.0. The standard InChI is InChI=1S/C13H11N3O4/c17-12(9-6-10(20-16-9)7-3-4-7)15-8-2-1-5-14-11(8)13(18)19/h1-2,5-7H,3-4H2,(H,15,17)(H,18,19). The first-order valence-corrected chi connectivity index (χ1v) is 6.11. The van der Waals surface area contributed by atoms with Crippen LogP contribution in [0.3, 0.4) is 0 Å². The number of aromatic nitrogens is 2. The van der Waals surface area contributed by atoms with Crippen molar-refractivity contribution < 1.29 is 19.2 Å². The van der Waals surface area contributed by atoms with Crippen molar-refractivity contribution in [3.63, 3.8) is 0 Å². The highest BCUT2D eigenvalue weighted by Gasteiger charge is 2.29. The summed E-state index contributed by atoms with van der Waals surface area (Å²) in [7, 11) is 0. The van der Waals surface area contributed by atoms with Gasteiger partial charge in [0.25, 0.3) is 5.91 Å². The molecule has 7 nitrogen and oxygen atoms in total. The number of carboxylic acid groups (broad SMARTS) is 1. The number of aromatic carboxylic acids is 1. The van der Waals surface area contributed by atoms with Gasteiger partial charge in [0.1, 0.15) is 5.76 Å². The van der Waals surface area contributed by atoms with Crippen LogP contribution in [0.25, 0.3) is 0 Å². The van der Waals surface area contributed by atoms with E-state index in [0.29, 0.717) is 11.7 Å². The van der Waals surface area contributed by atoms with Gasteiger partial charge in [-0.25, -0.2) is 9.78 Å². The molecule has 0 bridgehead atoms. The average Bonchev–Trinajstić information content (AvgIpc) is 3.16. The summed E-state index contributed by atoms with van der Waals surface area (Å²) in [6, 6.07) is 4.60. The first kappa shape index (κ1) is 12.3. The molecule has 2 heterocycles. The third-order valence-corrected chi connectivity index (χ3v) is 3.00. The lowest BCUT2D eigenvalue weighted by molar-refractivity contribution is 0.0691. The van der Waals surface area contributed by atoms with Gasteiger partial charge in [-0.3, -0.25) is 4.79 Å². The van der Waals surface area contributed by atoms with E-state index in [1.54, 1.807) is 12.1 Å². The molecular formula is C13H11N3O4. The predicted octanol–water partition coefficient (Wildman–Crippen LogP) is 1.90. The molecule has 0 saturated heterocycles. The molecule has 2 aromatic heterocycles. The molecule has 0 aliphatic heterocycles. The summed E-state index contributed by atoms with van der Waals surface area (Å²) in [4.78, 5) is 26.7. The molecule has 0 radical (unpaired) electrons. The van der Waals surface area contributed by atoms with E-state index in [1.165, 1.54) is 12.3 Å². The molecule has 2 aromatic rings. The van der Waals surface area contributed by atoms with Crippen LogP contribution < -0.4 is 5.32 Å². The molecule has 0 spiro atoms. The van der Waals surface area contributed by atoms with Crippen molar-refractivity contribution in [1.29, 1.82) is 0 Å². The molecule has 2 N–H and O–H groups in total. The van der Waals surface area contributed by atoms with Gasteiger partial charge < -0.3 is 14.9 Å². The number of amides is 1. The lowest BCUT2D eigenvalue weighted by Gasteiger charge is -2.05. The van der Waals surface area contributed by atoms with Crippen molar-refractivity contribution in [3.8, 4) is 0 Å². The second-order valence-electron chi connectivity index (χ2n) is 4.55. The summed E-state index contributed by atoms with van der Waals surface area (Å²) >= 11 is 0. The summed E-state index contributed by atoms with van der Waals surface area (Å²) in [6.07, 6.45) is 3.43. The molecule has 0 atom stereocenters. The Morgan fingerprint density at radius 1 is 1.40 bits per heavy atom. The molecule has 102 valence electrons. The number of carbonyl (C=O) groups excluding carboxylic acids is 1. The highest BCUT2D eigenvalue weighted by atomic mass is 16.5. The van der Waals surface area contributed by atoms with Crippen molar-refractivity contribution in [2.24, 2.45) is 0 Å². The van der Waals surface area contributed by atoms with Gasteiger partial charge in [0, 0.05) is 18.2 Å². The number of nitrogens with one attached hydrogen (secondary N) is 1. The molecule has 20 heavy (non-hydrogen) atoms. The highest BCUT2D eigenvalue weighted by Crippen LogP contribution is 2.40. The Morgan fingerprint density at radius 3 is 2.90 bits per heavy atom. The van der Waals surface area contributed by atoms with Gasteiger partial charge >= 0.3 is 5.97 Å². The van der Waals surface area contributed by atoms with Crippen molar-refractivity contribution >= 4 is 17.6 Å². The monoisotopic (exact) mass is 273 g/mol. The van der Waals surface area contributed by atoms with Crippen LogP contribution in [0, 0.1) is 0 Å². The van der Waals surface area contributed by atoms with Crippen LogP contribution in [0.15, 0.2) is 28.9 Å². The highest BCUT2D eigenvalue weighted by molar-refractivity contribution is 6.06. The van der Waals surface area contributed by atoms with Gasteiger partial charge in [-0.05, 0) is 25.0 Å². The molecule has 1 fully saturated rings. The van der Waals surface area contributed by atoms with Crippen LogP contribution in [-0.2, 0) is 0 Å². The minimum atomic E-state index is -1.21. The van der Waals surface area contributed by atoms with Crippen LogP contribution in [0.5, 0.6) is 0 Å². The van der Waals surface area contributed by atoms with Crippen molar-refractivity contribution in [3.05, 3.63) is 41.5 Å². The SMILES string of the molecule is O=C(Nc1cccnc1C(=O)O)c1cc(C2CC2)on1. The predicted molar refractivity (Wildman–Crippen MR) is 67.6 cm³/mol. The Kier molecular flexibility index (Phi) is 2.94. The molecule has 1 aliphatic carbocycles. The van der Waals surface area contributed by atoms with Crippen LogP contribution in [0.2, 0.25) is 0 Å². The average molecular weight is 273 g/mol. The molecule has 3 rings (SSSR count). The summed E-state index contributed by atoms with van der Waals surface area (Å²) in [5.41, 5.74) is 0.0415. The van der Waals surface area contributed by atoms with E-state index in [9.17, 15) is 9.59 Å². The third kappa shape index (κ3) is 2.37. The molecule has 7 heteroatoms. The van der Waals surface area contributed by atoms with Gasteiger partial charge in [0.2, 0.25) is 0 Å². The fourth-order valence-corrected chi connectivity index (χ4v) is 1.82. The van der Waals surface area contributed by atoms with E-state index in [-0.39, 0.29) is 17.1 Å². The zero-order valence-electron chi connectivity index (χ0n) is 10.4. The summed E-state index contributed by atoms with van der Waals surface area (Å²) in [5.74, 6) is -0.673. The van der Waals surface area contributed by atoms with Crippen LogP contribution in [-0.4, -0.2) is 27.1 Å². The van der Waals surface area contributed by atoms with E-state index >= 15 is 0 Å². The Labute approximate surface area is 113 Å². The smallest absolute Gasteiger partial charge is 0.356 e. The molecule has 1 saturated carbocycles. The zero-order chi connectivity index (χ0) is 14.1. The Hall–Kier alpha value is -2.70. The first-order valence-electron chi connectivity index (χ1n) is 6.11. The van der Waals surface area contributed by atoms with E-state index in [4.69, 9.17) is 9.63 Å². The number of pyridine rings is 1. The first-order chi connectivity index (χ1) is 9.65. The largest absolute Gasteiger partial charge is 0.476 e. The maximum atomic E-state index is 12.0. The third-order valence-electron chi connectivity index (χ3n) is 3.00. The molecule has 1 aliphatic rings. The van der Waals surface area contributed by atoms with Gasteiger partial charge in [-0.15, -0.1) is 0 Å². The molecule has 0 aromatic carbocycles. The van der Waals surface area contributed by atoms with Gasteiger partial charge in [-0.1, -0.05) is 5.16 Å². The van der Waals surface area contributed by atoms with E-state index in [1.807, 2.05) is 0 Å². The molecule has 0 unspecified atom stereocenters. The maximum absolute atomic E-state index is 12.0. The number of hydrogen-bond acceptors (Lipinski definition) is 5. The van der Waals surface area contributed by atoms with Crippen LogP contribution >= 0.6 is 0 Å². The number of anilines is 1. The van der Waals surface area contributed by atoms with Gasteiger partial charge in [-0.2, -0.15) is 0 Å². The maximum Gasteiger partial charge on any atom is 0.356 e. The van der Waals surface area contributed by atoms with Crippen LogP contribution in [0.4, 0.5) is 5.69 Å². The fourth-order valence-electron chi connectivity index (χ4n) is 1.82. The summed E-state index contributed by atoms with van der Waals surface area (Å²) in [6.45, 7) is 0. The minimum absolute atomic E-state index is 0.126. The molecule has 1 amide bonds. The number of hydrogen-bond donors (Lipinski definition) is 2. The van der Waals surface area contributed by atoms with E-state index < -0.39 is 11.9 Å². The topological polar surface area (TPSA) is 105 Å². The van der Waals surface area contributed by atoms with Gasteiger partial charge in [0.15, 0.2) is 11.4 Å². The second kappa shape index (κ2) is 4.76. The molecular weight excluding hydrogens is 262 g/mol. The Bertz CT molecular complexity index is 676. The summed E-state index contributed by atoms with van der Waals surface area (Å²) in [5, 5.41) is 15.2. The number of rotatable bonds is 4. The summed E-state index contributed by atoms with van der Waals surface area (Å²) < 4.78 is 5.08. The fraction of sp³-hybridized carbons (Fsp3) is 0.231. The van der Waals surface area contributed by atoms with Crippen molar-refractivity contribution in [2.45, 2.75) is 18.8 Å². The second-order valence-corrected chi connectivity index (χ2v) is 4.55. The van der Waals surface area contributed by atoms with E-state index in [0.717, 1.165) is 12.8 Å².